The predicted molar refractivity (Wildman–Crippen MR) is 77.8 cm³/mol. The summed E-state index contributed by atoms with van der Waals surface area (Å²) in [4.78, 5) is 5.68. The van der Waals surface area contributed by atoms with E-state index in [1.54, 1.807) is 6.20 Å². The van der Waals surface area contributed by atoms with Gasteiger partial charge in [-0.15, -0.1) is 5.10 Å². The van der Waals surface area contributed by atoms with E-state index in [-0.39, 0.29) is 12.1 Å². The molecule has 2 atom stereocenters. The number of fused-ring (bicyclic) bond motifs is 3. The summed E-state index contributed by atoms with van der Waals surface area (Å²) in [5.74, 6) is 0. The van der Waals surface area contributed by atoms with Crippen molar-refractivity contribution >= 4 is 0 Å². The van der Waals surface area contributed by atoms with E-state index in [1.807, 2.05) is 17.7 Å². The summed E-state index contributed by atoms with van der Waals surface area (Å²) in [6.07, 6.45) is 3.00. The van der Waals surface area contributed by atoms with Gasteiger partial charge in [0.25, 0.3) is 0 Å². The summed E-state index contributed by atoms with van der Waals surface area (Å²) in [5, 5.41) is 17.3. The van der Waals surface area contributed by atoms with Crippen LogP contribution in [-0.4, -0.2) is 44.1 Å². The zero-order valence-corrected chi connectivity index (χ0v) is 12.5. The normalized spacial score (nSPS) is 24.5. The zero-order chi connectivity index (χ0) is 15.1. The highest BCUT2D eigenvalue weighted by Crippen LogP contribution is 2.30. The molecule has 0 aliphatic carbocycles. The quantitative estimate of drug-likeness (QED) is 0.898. The first-order valence-electron chi connectivity index (χ1n) is 7.56. The molecule has 7 heteroatoms. The lowest BCUT2D eigenvalue weighted by Gasteiger charge is -2.40. The molecule has 0 saturated carbocycles. The van der Waals surface area contributed by atoms with Crippen molar-refractivity contribution in [1.29, 1.82) is 5.26 Å². The molecule has 4 rings (SSSR count). The van der Waals surface area contributed by atoms with Crippen molar-refractivity contribution in [1.82, 2.24) is 24.9 Å². The largest absolute Gasteiger partial charge is 0.370 e. The summed E-state index contributed by atoms with van der Waals surface area (Å²) in [5.41, 5.74) is 3.80. The Morgan fingerprint density at radius 1 is 1.55 bits per heavy atom. The molecule has 0 aromatic carbocycles. The molecule has 2 aliphatic heterocycles. The molecule has 2 aromatic heterocycles. The molecule has 1 N–H and O–H groups in total. The molecule has 7 nitrogen and oxygen atoms in total. The number of piperidine rings is 1. The van der Waals surface area contributed by atoms with Crippen molar-refractivity contribution in [3.63, 3.8) is 0 Å². The van der Waals surface area contributed by atoms with Crippen molar-refractivity contribution in [3.8, 4) is 6.07 Å². The number of hydrogen-bond acceptors (Lipinski definition) is 5. The van der Waals surface area contributed by atoms with Crippen LogP contribution in [0.15, 0.2) is 12.3 Å². The molecule has 0 radical (unpaired) electrons. The summed E-state index contributed by atoms with van der Waals surface area (Å²) in [6.45, 7) is 5.24. The highest BCUT2D eigenvalue weighted by Gasteiger charge is 2.36. The minimum absolute atomic E-state index is 0.227. The second-order valence-corrected chi connectivity index (χ2v) is 6.06. The van der Waals surface area contributed by atoms with E-state index < -0.39 is 0 Å². The van der Waals surface area contributed by atoms with E-state index in [0.717, 1.165) is 48.7 Å². The molecule has 1 fully saturated rings. The van der Waals surface area contributed by atoms with Crippen LogP contribution in [0, 0.1) is 18.3 Å². The first-order valence-corrected chi connectivity index (χ1v) is 7.56. The van der Waals surface area contributed by atoms with Crippen LogP contribution >= 0.6 is 0 Å². The summed E-state index contributed by atoms with van der Waals surface area (Å²) < 4.78 is 7.94. The van der Waals surface area contributed by atoms with Gasteiger partial charge in [0.15, 0.2) is 0 Å². The van der Waals surface area contributed by atoms with Gasteiger partial charge in [0.2, 0.25) is 0 Å². The van der Waals surface area contributed by atoms with E-state index >= 15 is 0 Å². The lowest BCUT2D eigenvalue weighted by Crippen LogP contribution is -2.47. The Bertz CT molecular complexity index is 727. The van der Waals surface area contributed by atoms with Gasteiger partial charge in [-0.3, -0.25) is 4.90 Å². The maximum Gasteiger partial charge on any atom is 0.101 e. The van der Waals surface area contributed by atoms with Crippen LogP contribution in [-0.2, 0) is 17.9 Å². The molecular formula is C15H18N6O. The predicted octanol–water partition coefficient (Wildman–Crippen LogP) is 1.13. The molecule has 0 spiro atoms. The maximum atomic E-state index is 9.06. The number of likely N-dealkylation sites (tertiary alicyclic amines) is 1. The molecule has 2 aromatic rings. The van der Waals surface area contributed by atoms with Crippen LogP contribution in [0.2, 0.25) is 0 Å². The van der Waals surface area contributed by atoms with Gasteiger partial charge in [0.05, 0.1) is 36.2 Å². The Morgan fingerprint density at radius 2 is 2.45 bits per heavy atom. The van der Waals surface area contributed by atoms with E-state index in [1.165, 1.54) is 0 Å². The number of nitriles is 1. The Kier molecular flexibility index (Phi) is 3.21. The summed E-state index contributed by atoms with van der Waals surface area (Å²) in [6, 6.07) is 4.39. The molecule has 1 saturated heterocycles. The Morgan fingerprint density at radius 3 is 3.27 bits per heavy atom. The average Bonchev–Trinajstić information content (AvgIpc) is 3.13. The Hall–Kier alpha value is -2.17. The number of aryl methyl sites for hydroxylation is 1. The number of aromatic amines is 1. The molecule has 0 unspecified atom stereocenters. The number of H-pyrrole nitrogens is 1. The molecule has 0 amide bonds. The third-order valence-corrected chi connectivity index (χ3v) is 4.60. The molecule has 4 heterocycles. The van der Waals surface area contributed by atoms with Gasteiger partial charge < -0.3 is 9.72 Å². The maximum absolute atomic E-state index is 9.06. The van der Waals surface area contributed by atoms with E-state index in [4.69, 9.17) is 10.00 Å². The smallest absolute Gasteiger partial charge is 0.101 e. The highest BCUT2D eigenvalue weighted by atomic mass is 16.5. The first-order chi connectivity index (χ1) is 10.7. The number of nitrogens with zero attached hydrogens (tertiary/aromatic N) is 5. The molecule has 22 heavy (non-hydrogen) atoms. The van der Waals surface area contributed by atoms with E-state index in [0.29, 0.717) is 6.61 Å². The van der Waals surface area contributed by atoms with Gasteiger partial charge in [0, 0.05) is 31.0 Å². The molecule has 0 bridgehead atoms. The number of hydrogen-bond donors (Lipinski definition) is 1. The minimum Gasteiger partial charge on any atom is -0.370 e. The first kappa shape index (κ1) is 13.5. The lowest BCUT2D eigenvalue weighted by molar-refractivity contribution is -0.0671. The lowest BCUT2D eigenvalue weighted by atomic mass is 10.0. The van der Waals surface area contributed by atoms with Gasteiger partial charge in [0.1, 0.15) is 6.07 Å². The fourth-order valence-electron chi connectivity index (χ4n) is 3.46. The minimum atomic E-state index is 0.227. The van der Waals surface area contributed by atoms with Crippen LogP contribution in [0.1, 0.15) is 35.1 Å². The van der Waals surface area contributed by atoms with E-state index in [2.05, 4.69) is 26.3 Å². The van der Waals surface area contributed by atoms with Crippen molar-refractivity contribution in [2.75, 3.05) is 13.1 Å². The topological polar surface area (TPSA) is 82.8 Å². The van der Waals surface area contributed by atoms with Gasteiger partial charge in [-0.1, -0.05) is 5.21 Å². The average molecular weight is 298 g/mol. The summed E-state index contributed by atoms with van der Waals surface area (Å²) >= 11 is 0. The van der Waals surface area contributed by atoms with Crippen LogP contribution in [0.3, 0.4) is 0 Å². The zero-order valence-electron chi connectivity index (χ0n) is 12.5. The second-order valence-electron chi connectivity index (χ2n) is 6.06. The number of ether oxygens (including phenoxy) is 1. The van der Waals surface area contributed by atoms with Crippen LogP contribution in [0.5, 0.6) is 0 Å². The monoisotopic (exact) mass is 298 g/mol. The number of nitrogens with one attached hydrogen (secondary N) is 1. The van der Waals surface area contributed by atoms with Crippen molar-refractivity contribution in [3.05, 3.63) is 34.9 Å². The third kappa shape index (κ3) is 2.21. The second kappa shape index (κ2) is 5.23. The Labute approximate surface area is 128 Å². The van der Waals surface area contributed by atoms with Gasteiger partial charge in [-0.2, -0.15) is 5.26 Å². The standard InChI is InChI=1S/C15H18N6O/c1-10-11(5-16)4-12(18-10)7-20-3-2-15-14(8-20)21-13(9-22-15)6-17-19-21/h4,6,14-15,18H,2-3,7-9H2,1H3/t14-,15-/m1/s1. The molecule has 114 valence electrons. The van der Waals surface area contributed by atoms with Crippen LogP contribution in [0.25, 0.3) is 0 Å². The van der Waals surface area contributed by atoms with Gasteiger partial charge in [-0.05, 0) is 19.4 Å². The highest BCUT2D eigenvalue weighted by molar-refractivity contribution is 5.35. The molecule has 2 aliphatic rings. The Balaban J connectivity index is 1.50. The SMILES string of the molecule is Cc1[nH]c(CN2CC[C@H]3OCc4cnnn4[C@@H]3C2)cc1C#N. The molecular weight excluding hydrogens is 280 g/mol. The van der Waals surface area contributed by atoms with E-state index in [9.17, 15) is 0 Å². The fraction of sp³-hybridized carbons (Fsp3) is 0.533. The van der Waals surface area contributed by atoms with Crippen molar-refractivity contribution in [2.45, 2.75) is 38.6 Å². The fourth-order valence-corrected chi connectivity index (χ4v) is 3.46. The van der Waals surface area contributed by atoms with Gasteiger partial charge in [-0.25, -0.2) is 4.68 Å². The van der Waals surface area contributed by atoms with Crippen molar-refractivity contribution in [2.24, 2.45) is 0 Å². The van der Waals surface area contributed by atoms with Crippen LogP contribution < -0.4 is 0 Å². The van der Waals surface area contributed by atoms with Crippen LogP contribution in [0.4, 0.5) is 0 Å². The van der Waals surface area contributed by atoms with Crippen molar-refractivity contribution < 1.29 is 4.74 Å². The van der Waals surface area contributed by atoms with Gasteiger partial charge >= 0.3 is 0 Å². The number of aromatic nitrogens is 4. The third-order valence-electron chi connectivity index (χ3n) is 4.60. The number of rotatable bonds is 2. The summed E-state index contributed by atoms with van der Waals surface area (Å²) in [7, 11) is 0.